The van der Waals surface area contributed by atoms with Gasteiger partial charge in [-0.15, -0.1) is 0 Å². The van der Waals surface area contributed by atoms with E-state index in [2.05, 4.69) is 0 Å². The molecule has 1 aromatic heterocycles. The van der Waals surface area contributed by atoms with Crippen molar-refractivity contribution in [2.75, 3.05) is 7.11 Å². The van der Waals surface area contributed by atoms with Crippen LogP contribution in [0.4, 0.5) is 17.6 Å². The van der Waals surface area contributed by atoms with Gasteiger partial charge in [-0.3, -0.25) is 14.2 Å². The topological polar surface area (TPSA) is 68.5 Å². The maximum absolute atomic E-state index is 14.4. The Hall–Kier alpha value is -3.36. The molecule has 9 heteroatoms. The highest BCUT2D eigenvalue weighted by molar-refractivity contribution is 6.05. The number of fused-ring (bicyclic) bond motifs is 1. The second-order valence-corrected chi connectivity index (χ2v) is 7.02. The van der Waals surface area contributed by atoms with E-state index in [0.29, 0.717) is 10.9 Å². The SMILES string of the molecule is CCC(C(=O)O)c1c(C)n(C(=O)c2ccc(C(F)(F)F)cc2)c2cc(F)c(OC)cc12. The summed E-state index contributed by atoms with van der Waals surface area (Å²) in [5.74, 6) is -3.67. The molecule has 3 rings (SSSR count). The molecule has 0 saturated carbocycles. The van der Waals surface area contributed by atoms with Gasteiger partial charge in [-0.1, -0.05) is 6.92 Å². The van der Waals surface area contributed by atoms with Crippen molar-refractivity contribution >= 4 is 22.8 Å². The van der Waals surface area contributed by atoms with Gasteiger partial charge in [-0.25, -0.2) is 4.39 Å². The third kappa shape index (κ3) is 3.87. The number of carbonyl (C=O) groups is 2. The number of aliphatic carboxylic acids is 1. The predicted octanol–water partition coefficient (Wildman–Crippen LogP) is 5.38. The number of halogens is 4. The number of ether oxygens (including phenoxy) is 1. The van der Waals surface area contributed by atoms with E-state index in [0.717, 1.165) is 34.9 Å². The number of carbonyl (C=O) groups excluding carboxylic acids is 1. The molecule has 0 aliphatic rings. The summed E-state index contributed by atoms with van der Waals surface area (Å²) < 4.78 is 59.1. The average Bonchev–Trinajstić information content (AvgIpc) is 2.97. The fraction of sp³-hybridized carbons (Fsp3) is 0.273. The fourth-order valence-electron chi connectivity index (χ4n) is 3.73. The first-order valence-electron chi connectivity index (χ1n) is 9.34. The van der Waals surface area contributed by atoms with Gasteiger partial charge < -0.3 is 9.84 Å². The van der Waals surface area contributed by atoms with Crippen LogP contribution in [0.15, 0.2) is 36.4 Å². The van der Waals surface area contributed by atoms with Crippen LogP contribution < -0.4 is 4.74 Å². The van der Waals surface area contributed by atoms with Crippen molar-refractivity contribution in [1.82, 2.24) is 4.57 Å². The fourth-order valence-corrected chi connectivity index (χ4v) is 3.73. The molecule has 0 radical (unpaired) electrons. The van der Waals surface area contributed by atoms with Crippen molar-refractivity contribution < 1.29 is 37.0 Å². The zero-order chi connectivity index (χ0) is 23.1. The van der Waals surface area contributed by atoms with Crippen molar-refractivity contribution in [3.63, 3.8) is 0 Å². The first-order valence-corrected chi connectivity index (χ1v) is 9.34. The van der Waals surface area contributed by atoms with Crippen LogP contribution in [0.1, 0.15) is 46.4 Å². The molecule has 0 aliphatic carbocycles. The number of nitrogens with zero attached hydrogens (tertiary/aromatic N) is 1. The molecule has 164 valence electrons. The number of aromatic nitrogens is 1. The first kappa shape index (κ1) is 22.3. The Bertz CT molecular complexity index is 1160. The quantitative estimate of drug-likeness (QED) is 0.544. The average molecular weight is 437 g/mol. The molecule has 0 bridgehead atoms. The second kappa shape index (κ2) is 8.05. The molecule has 1 heterocycles. The van der Waals surface area contributed by atoms with Crippen LogP contribution in [0.2, 0.25) is 0 Å². The lowest BCUT2D eigenvalue weighted by molar-refractivity contribution is -0.139. The van der Waals surface area contributed by atoms with Crippen LogP contribution in [-0.4, -0.2) is 28.7 Å². The lowest BCUT2D eigenvalue weighted by Crippen LogP contribution is -2.16. The lowest BCUT2D eigenvalue weighted by Gasteiger charge is -2.12. The highest BCUT2D eigenvalue weighted by Gasteiger charge is 2.32. The molecule has 1 N–H and O–H groups in total. The Balaban J connectivity index is 2.27. The minimum atomic E-state index is -4.56. The summed E-state index contributed by atoms with van der Waals surface area (Å²) in [6.07, 6.45) is -4.34. The van der Waals surface area contributed by atoms with Crippen LogP contribution in [0, 0.1) is 12.7 Å². The molecule has 0 aliphatic heterocycles. The molecule has 3 aromatic rings. The third-order valence-corrected chi connectivity index (χ3v) is 5.24. The van der Waals surface area contributed by atoms with Crippen molar-refractivity contribution in [3.05, 3.63) is 64.6 Å². The van der Waals surface area contributed by atoms with Crippen molar-refractivity contribution in [3.8, 4) is 5.75 Å². The number of hydrogen-bond acceptors (Lipinski definition) is 3. The standard InChI is InChI=1S/C22H19F4NO4/c1-4-14(21(29)30)19-11(2)27(17-10-16(23)18(31-3)9-15(17)19)20(28)12-5-7-13(8-6-12)22(24,25)26/h5-10,14H,4H2,1-3H3,(H,29,30). The molecule has 0 fully saturated rings. The highest BCUT2D eigenvalue weighted by atomic mass is 19.4. The smallest absolute Gasteiger partial charge is 0.416 e. The molecule has 0 saturated heterocycles. The van der Waals surface area contributed by atoms with Crippen molar-refractivity contribution in [2.24, 2.45) is 0 Å². The van der Waals surface area contributed by atoms with E-state index in [4.69, 9.17) is 4.74 Å². The molecule has 1 unspecified atom stereocenters. The summed E-state index contributed by atoms with van der Waals surface area (Å²) in [6, 6.07) is 6.01. The van der Waals surface area contributed by atoms with Crippen LogP contribution in [0.25, 0.3) is 10.9 Å². The third-order valence-electron chi connectivity index (χ3n) is 5.24. The van der Waals surface area contributed by atoms with E-state index in [1.54, 1.807) is 6.92 Å². The summed E-state index contributed by atoms with van der Waals surface area (Å²) in [5.41, 5.74) is -0.272. The Labute approximate surface area is 174 Å². The Morgan fingerprint density at radius 2 is 1.77 bits per heavy atom. The summed E-state index contributed by atoms with van der Waals surface area (Å²) >= 11 is 0. The lowest BCUT2D eigenvalue weighted by atomic mass is 9.94. The van der Waals surface area contributed by atoms with Crippen molar-refractivity contribution in [2.45, 2.75) is 32.4 Å². The Morgan fingerprint density at radius 3 is 2.26 bits per heavy atom. The largest absolute Gasteiger partial charge is 0.494 e. The van der Waals surface area contributed by atoms with Crippen LogP contribution in [-0.2, 0) is 11.0 Å². The molecule has 31 heavy (non-hydrogen) atoms. The monoisotopic (exact) mass is 437 g/mol. The van der Waals surface area contributed by atoms with Gasteiger partial charge in [0, 0.05) is 22.7 Å². The molecular formula is C22H19F4NO4. The maximum Gasteiger partial charge on any atom is 0.416 e. The van der Waals surface area contributed by atoms with E-state index in [1.165, 1.54) is 20.1 Å². The van der Waals surface area contributed by atoms with E-state index in [1.807, 2.05) is 0 Å². The van der Waals surface area contributed by atoms with Gasteiger partial charge in [-0.2, -0.15) is 13.2 Å². The number of benzene rings is 2. The Morgan fingerprint density at radius 1 is 1.16 bits per heavy atom. The van der Waals surface area contributed by atoms with Gasteiger partial charge in [0.2, 0.25) is 0 Å². The van der Waals surface area contributed by atoms with E-state index >= 15 is 0 Å². The van der Waals surface area contributed by atoms with Gasteiger partial charge in [0.15, 0.2) is 11.6 Å². The first-order chi connectivity index (χ1) is 14.5. The predicted molar refractivity (Wildman–Crippen MR) is 105 cm³/mol. The van der Waals surface area contributed by atoms with Gasteiger partial charge >= 0.3 is 12.1 Å². The number of carboxylic acid groups (broad SMARTS) is 1. The summed E-state index contributed by atoms with van der Waals surface area (Å²) in [4.78, 5) is 25.0. The minimum absolute atomic E-state index is 0.0563. The molecule has 5 nitrogen and oxygen atoms in total. The zero-order valence-corrected chi connectivity index (χ0v) is 16.9. The minimum Gasteiger partial charge on any atom is -0.494 e. The summed E-state index contributed by atoms with van der Waals surface area (Å²) in [5, 5.41) is 9.98. The molecule has 1 atom stereocenters. The number of carboxylic acids is 1. The number of methoxy groups -OCH3 is 1. The van der Waals surface area contributed by atoms with Crippen molar-refractivity contribution in [1.29, 1.82) is 0 Å². The molecule has 0 spiro atoms. The van der Waals surface area contributed by atoms with E-state index in [9.17, 15) is 32.3 Å². The molecular weight excluding hydrogens is 418 g/mol. The number of alkyl halides is 3. The summed E-state index contributed by atoms with van der Waals surface area (Å²) in [6.45, 7) is 3.19. The number of rotatable bonds is 5. The van der Waals surface area contributed by atoms with Gasteiger partial charge in [0.05, 0.1) is 24.1 Å². The van der Waals surface area contributed by atoms with E-state index < -0.39 is 35.4 Å². The van der Waals surface area contributed by atoms with Crippen LogP contribution >= 0.6 is 0 Å². The molecule has 2 aromatic carbocycles. The van der Waals surface area contributed by atoms with Gasteiger partial charge in [-0.05, 0) is 49.2 Å². The second-order valence-electron chi connectivity index (χ2n) is 7.02. The number of hydrogen-bond donors (Lipinski definition) is 1. The van der Waals surface area contributed by atoms with Crippen LogP contribution in [0.3, 0.4) is 0 Å². The normalized spacial score (nSPS) is 12.7. The van der Waals surface area contributed by atoms with Gasteiger partial charge in [0.1, 0.15) is 0 Å². The molecule has 0 amide bonds. The van der Waals surface area contributed by atoms with Crippen LogP contribution in [0.5, 0.6) is 5.75 Å². The highest BCUT2D eigenvalue weighted by Crippen LogP contribution is 2.37. The van der Waals surface area contributed by atoms with Gasteiger partial charge in [0.25, 0.3) is 5.91 Å². The zero-order valence-electron chi connectivity index (χ0n) is 16.9. The van der Waals surface area contributed by atoms with E-state index in [-0.39, 0.29) is 28.9 Å². The maximum atomic E-state index is 14.4. The summed E-state index contributed by atoms with van der Waals surface area (Å²) in [7, 11) is 1.26. The Kier molecular flexibility index (Phi) is 5.80.